The largest absolute Gasteiger partial charge is 0.370 e. The summed E-state index contributed by atoms with van der Waals surface area (Å²) in [6.07, 6.45) is 5.96. The number of urea groups is 1. The lowest BCUT2D eigenvalue weighted by Crippen LogP contribution is -2.54. The van der Waals surface area contributed by atoms with Crippen molar-refractivity contribution in [2.24, 2.45) is 0 Å². The number of carbonyl (C=O) groups is 2. The molecule has 3 rings (SSSR count). The molecule has 1 saturated heterocycles. The molecule has 1 aromatic rings. The number of nitrogens with one attached hydrogen (secondary N) is 2. The highest BCUT2D eigenvalue weighted by Crippen LogP contribution is 2.27. The fraction of sp³-hybridized carbons (Fsp3) is 0.267. The number of aliphatic hydroxyl groups is 1. The third kappa shape index (κ3) is 2.25. The maximum absolute atomic E-state index is 12.4. The Morgan fingerprint density at radius 1 is 1.41 bits per heavy atom. The molecule has 3 heterocycles. The van der Waals surface area contributed by atoms with Gasteiger partial charge in [-0.1, -0.05) is 12.1 Å². The second-order valence-electron chi connectivity index (χ2n) is 5.33. The lowest BCUT2D eigenvalue weighted by Gasteiger charge is -2.36. The molecule has 2 aliphatic heterocycles. The van der Waals surface area contributed by atoms with Gasteiger partial charge in [0, 0.05) is 12.4 Å². The van der Waals surface area contributed by atoms with Gasteiger partial charge in [-0.05, 0) is 30.7 Å². The summed E-state index contributed by atoms with van der Waals surface area (Å²) in [5.74, 6) is -0.482. The molecular weight excluding hydrogens is 284 g/mol. The Morgan fingerprint density at radius 3 is 2.86 bits per heavy atom. The maximum atomic E-state index is 12.4. The van der Waals surface area contributed by atoms with E-state index in [0.717, 1.165) is 5.57 Å². The number of aliphatic hydroxyl groups excluding tert-OH is 1. The van der Waals surface area contributed by atoms with Crippen LogP contribution in [-0.2, 0) is 10.3 Å². The number of aromatic nitrogens is 1. The van der Waals surface area contributed by atoms with Crippen LogP contribution >= 0.6 is 0 Å². The quantitative estimate of drug-likeness (QED) is 0.694. The maximum Gasteiger partial charge on any atom is 0.322 e. The summed E-state index contributed by atoms with van der Waals surface area (Å²) in [6, 6.07) is 4.58. The molecule has 0 spiro atoms. The summed E-state index contributed by atoms with van der Waals surface area (Å²) in [5, 5.41) is 15.1. The van der Waals surface area contributed by atoms with E-state index in [1.165, 1.54) is 0 Å². The van der Waals surface area contributed by atoms with Crippen LogP contribution < -0.4 is 10.6 Å². The smallest absolute Gasteiger partial charge is 0.322 e. The molecule has 22 heavy (non-hydrogen) atoms. The Hall–Kier alpha value is -2.67. The molecule has 2 atom stereocenters. The number of pyridine rings is 1. The highest BCUT2D eigenvalue weighted by Gasteiger charge is 2.50. The highest BCUT2D eigenvalue weighted by atomic mass is 16.3. The molecule has 7 nitrogen and oxygen atoms in total. The number of allylic oxidation sites excluding steroid dienone is 2. The molecule has 1 fully saturated rings. The minimum absolute atomic E-state index is 0.0738. The van der Waals surface area contributed by atoms with Gasteiger partial charge in [0.1, 0.15) is 6.23 Å². The van der Waals surface area contributed by atoms with Crippen LogP contribution in [0.15, 0.2) is 48.3 Å². The van der Waals surface area contributed by atoms with Crippen molar-refractivity contribution in [2.75, 3.05) is 6.54 Å². The zero-order valence-corrected chi connectivity index (χ0v) is 12.0. The molecular formula is C15H16N4O3. The Labute approximate surface area is 127 Å². The lowest BCUT2D eigenvalue weighted by molar-refractivity contribution is -0.125. The monoisotopic (exact) mass is 300 g/mol. The van der Waals surface area contributed by atoms with Crippen molar-refractivity contribution in [1.29, 1.82) is 0 Å². The van der Waals surface area contributed by atoms with Gasteiger partial charge in [0.25, 0.3) is 5.91 Å². The molecule has 0 aromatic carbocycles. The molecule has 0 radical (unpaired) electrons. The Balaban J connectivity index is 1.98. The van der Waals surface area contributed by atoms with Crippen molar-refractivity contribution in [1.82, 2.24) is 20.5 Å². The molecule has 114 valence electrons. The van der Waals surface area contributed by atoms with Crippen LogP contribution in [-0.4, -0.2) is 39.7 Å². The van der Waals surface area contributed by atoms with Crippen LogP contribution in [0.1, 0.15) is 12.6 Å². The van der Waals surface area contributed by atoms with E-state index in [2.05, 4.69) is 15.6 Å². The van der Waals surface area contributed by atoms with Crippen molar-refractivity contribution in [3.05, 3.63) is 54.0 Å². The average Bonchev–Trinajstić information content (AvgIpc) is 2.80. The molecule has 0 saturated carbocycles. The standard InChI is InChI=1S/C15H16N4O3/c1-10-5-4-8-19(12(10)20)9-15(11-6-2-3-7-16-11)13(21)17-14(22)18-15/h2-8,12,20H,9H2,1H3,(H2,17,18,21,22). The number of amides is 3. The fourth-order valence-corrected chi connectivity index (χ4v) is 2.63. The molecule has 1 aromatic heterocycles. The lowest BCUT2D eigenvalue weighted by atomic mass is 9.93. The summed E-state index contributed by atoms with van der Waals surface area (Å²) < 4.78 is 0. The van der Waals surface area contributed by atoms with E-state index >= 15 is 0 Å². The van der Waals surface area contributed by atoms with Crippen molar-refractivity contribution in [3.63, 3.8) is 0 Å². The number of nitrogens with zero attached hydrogens (tertiary/aromatic N) is 2. The first-order valence-electron chi connectivity index (χ1n) is 6.87. The average molecular weight is 300 g/mol. The normalized spacial score (nSPS) is 27.5. The van der Waals surface area contributed by atoms with Crippen LogP contribution in [0.5, 0.6) is 0 Å². The Morgan fingerprint density at radius 2 is 2.23 bits per heavy atom. The topological polar surface area (TPSA) is 94.6 Å². The van der Waals surface area contributed by atoms with Gasteiger partial charge in [0.2, 0.25) is 0 Å². The van der Waals surface area contributed by atoms with Gasteiger partial charge >= 0.3 is 6.03 Å². The van der Waals surface area contributed by atoms with Crippen LogP contribution in [0, 0.1) is 0 Å². The van der Waals surface area contributed by atoms with Crippen LogP contribution in [0.25, 0.3) is 0 Å². The van der Waals surface area contributed by atoms with Crippen molar-refractivity contribution >= 4 is 11.9 Å². The van der Waals surface area contributed by atoms with Gasteiger partial charge in [-0.25, -0.2) is 4.79 Å². The van der Waals surface area contributed by atoms with Crippen molar-refractivity contribution in [2.45, 2.75) is 18.7 Å². The number of rotatable bonds is 3. The summed E-state index contributed by atoms with van der Waals surface area (Å²) in [5.41, 5.74) is -0.157. The minimum atomic E-state index is -1.33. The predicted molar refractivity (Wildman–Crippen MR) is 78.2 cm³/mol. The molecule has 2 unspecified atom stereocenters. The second kappa shape index (κ2) is 5.27. The fourth-order valence-electron chi connectivity index (χ4n) is 2.63. The van der Waals surface area contributed by atoms with E-state index in [9.17, 15) is 14.7 Å². The number of hydrogen-bond donors (Lipinski definition) is 3. The van der Waals surface area contributed by atoms with E-state index in [1.54, 1.807) is 54.6 Å². The summed E-state index contributed by atoms with van der Waals surface area (Å²) in [6.45, 7) is 1.87. The first-order valence-corrected chi connectivity index (χ1v) is 6.87. The zero-order valence-electron chi connectivity index (χ0n) is 12.0. The summed E-state index contributed by atoms with van der Waals surface area (Å²) in [7, 11) is 0. The van der Waals surface area contributed by atoms with E-state index in [0.29, 0.717) is 5.69 Å². The van der Waals surface area contributed by atoms with E-state index in [4.69, 9.17) is 0 Å². The third-order valence-corrected chi connectivity index (χ3v) is 3.82. The first-order chi connectivity index (χ1) is 10.5. The number of hydrogen-bond acceptors (Lipinski definition) is 5. The molecule has 2 aliphatic rings. The Kier molecular flexibility index (Phi) is 3.42. The molecule has 7 heteroatoms. The van der Waals surface area contributed by atoms with Crippen molar-refractivity contribution < 1.29 is 14.7 Å². The number of carbonyl (C=O) groups excluding carboxylic acids is 2. The van der Waals surface area contributed by atoms with Crippen LogP contribution in [0.3, 0.4) is 0 Å². The predicted octanol–water partition coefficient (Wildman–Crippen LogP) is 0.210. The molecule has 3 N–H and O–H groups in total. The number of imide groups is 1. The van der Waals surface area contributed by atoms with Gasteiger partial charge in [-0.2, -0.15) is 0 Å². The van der Waals surface area contributed by atoms with Gasteiger partial charge in [0.15, 0.2) is 5.54 Å². The van der Waals surface area contributed by atoms with Crippen LogP contribution in [0.4, 0.5) is 4.79 Å². The van der Waals surface area contributed by atoms with E-state index < -0.39 is 23.7 Å². The third-order valence-electron chi connectivity index (χ3n) is 3.82. The zero-order chi connectivity index (χ0) is 15.7. The Bertz CT molecular complexity index is 671. The molecule has 3 amide bonds. The van der Waals surface area contributed by atoms with Crippen LogP contribution in [0.2, 0.25) is 0 Å². The summed E-state index contributed by atoms with van der Waals surface area (Å²) in [4.78, 5) is 29.8. The summed E-state index contributed by atoms with van der Waals surface area (Å²) >= 11 is 0. The van der Waals surface area contributed by atoms with Gasteiger partial charge < -0.3 is 15.3 Å². The van der Waals surface area contributed by atoms with Crippen molar-refractivity contribution in [3.8, 4) is 0 Å². The SMILES string of the molecule is CC1=CC=CN(CC2(c3ccccn3)NC(=O)NC2=O)C1O. The molecule has 0 aliphatic carbocycles. The highest BCUT2D eigenvalue weighted by molar-refractivity contribution is 6.07. The van der Waals surface area contributed by atoms with Gasteiger partial charge in [0.05, 0.1) is 12.2 Å². The van der Waals surface area contributed by atoms with Gasteiger partial charge in [-0.15, -0.1) is 0 Å². The van der Waals surface area contributed by atoms with Gasteiger partial charge in [-0.3, -0.25) is 15.1 Å². The van der Waals surface area contributed by atoms with E-state index in [-0.39, 0.29) is 6.54 Å². The van der Waals surface area contributed by atoms with E-state index in [1.807, 2.05) is 0 Å². The second-order valence-corrected chi connectivity index (χ2v) is 5.33. The minimum Gasteiger partial charge on any atom is -0.370 e. The first kappa shape index (κ1) is 14.3. The molecule has 0 bridgehead atoms.